The molecule has 5 heteroatoms. The van der Waals surface area contributed by atoms with Crippen LogP contribution in [0.3, 0.4) is 0 Å². The zero-order valence-electron chi connectivity index (χ0n) is 11.9. The van der Waals surface area contributed by atoms with E-state index in [-0.39, 0.29) is 11.3 Å². The third-order valence-electron chi connectivity index (χ3n) is 4.13. The predicted octanol–water partition coefficient (Wildman–Crippen LogP) is 3.48. The van der Waals surface area contributed by atoms with Crippen LogP contribution in [0.2, 0.25) is 0 Å². The molecule has 0 aromatic heterocycles. The average molecular weight is 324 g/mol. The van der Waals surface area contributed by atoms with Crippen LogP contribution in [0.25, 0.3) is 10.8 Å². The fourth-order valence-corrected chi connectivity index (χ4v) is 4.80. The second-order valence-corrected chi connectivity index (χ2v) is 8.09. The number of halogens is 1. The van der Waals surface area contributed by atoms with Crippen molar-refractivity contribution in [3.8, 4) is 0 Å². The van der Waals surface area contributed by atoms with Crippen molar-refractivity contribution in [1.82, 2.24) is 4.31 Å². The highest BCUT2D eigenvalue weighted by Crippen LogP contribution is 2.30. The molecule has 1 saturated heterocycles. The number of piperidine rings is 1. The first-order chi connectivity index (χ1) is 10.00. The largest absolute Gasteiger partial charge is 0.243 e. The standard InChI is InChI=1S/C16H18ClNO2S/c1-12-11-18(10-9-15(12)17)21(19,20)16-8-4-6-13-5-2-3-7-14(13)16/h2-8,12,15H,9-11H2,1H3. The van der Waals surface area contributed by atoms with Gasteiger partial charge in [0.2, 0.25) is 10.0 Å². The van der Waals surface area contributed by atoms with Crippen LogP contribution in [-0.4, -0.2) is 31.2 Å². The molecule has 0 aliphatic carbocycles. The Balaban J connectivity index is 2.05. The van der Waals surface area contributed by atoms with Crippen LogP contribution in [0.1, 0.15) is 13.3 Å². The maximum Gasteiger partial charge on any atom is 0.243 e. The summed E-state index contributed by atoms with van der Waals surface area (Å²) in [5.41, 5.74) is 0. The van der Waals surface area contributed by atoms with Gasteiger partial charge in [0.05, 0.1) is 4.90 Å². The SMILES string of the molecule is CC1CN(S(=O)(=O)c2cccc3ccccc23)CCC1Cl. The lowest BCUT2D eigenvalue weighted by Gasteiger charge is -2.33. The molecule has 2 aromatic rings. The van der Waals surface area contributed by atoms with Gasteiger partial charge in [0.15, 0.2) is 0 Å². The van der Waals surface area contributed by atoms with Crippen molar-refractivity contribution in [2.75, 3.05) is 13.1 Å². The minimum Gasteiger partial charge on any atom is -0.207 e. The van der Waals surface area contributed by atoms with Gasteiger partial charge in [-0.1, -0.05) is 43.3 Å². The monoisotopic (exact) mass is 323 g/mol. The molecule has 3 rings (SSSR count). The number of fused-ring (bicyclic) bond motifs is 1. The van der Waals surface area contributed by atoms with Gasteiger partial charge in [0.25, 0.3) is 0 Å². The Hall–Kier alpha value is -1.10. The van der Waals surface area contributed by atoms with Crippen molar-refractivity contribution < 1.29 is 8.42 Å². The zero-order valence-corrected chi connectivity index (χ0v) is 13.4. The van der Waals surface area contributed by atoms with Crippen molar-refractivity contribution in [3.05, 3.63) is 42.5 Å². The molecule has 1 aliphatic rings. The lowest BCUT2D eigenvalue weighted by molar-refractivity contribution is 0.286. The first-order valence-corrected chi connectivity index (χ1v) is 9.00. The van der Waals surface area contributed by atoms with E-state index >= 15 is 0 Å². The summed E-state index contributed by atoms with van der Waals surface area (Å²) in [6.07, 6.45) is 0.701. The van der Waals surface area contributed by atoms with Crippen molar-refractivity contribution in [2.45, 2.75) is 23.6 Å². The number of hydrogen-bond acceptors (Lipinski definition) is 2. The molecule has 1 heterocycles. The lowest BCUT2D eigenvalue weighted by Crippen LogP contribution is -2.43. The number of benzene rings is 2. The highest BCUT2D eigenvalue weighted by Gasteiger charge is 2.33. The molecular weight excluding hydrogens is 306 g/mol. The summed E-state index contributed by atoms with van der Waals surface area (Å²) in [5.74, 6) is 0.171. The predicted molar refractivity (Wildman–Crippen MR) is 86.1 cm³/mol. The molecular formula is C16H18ClNO2S. The van der Waals surface area contributed by atoms with Gasteiger partial charge in [-0.2, -0.15) is 4.31 Å². The summed E-state index contributed by atoms with van der Waals surface area (Å²) in [6, 6.07) is 13.0. The van der Waals surface area contributed by atoms with Gasteiger partial charge in [-0.25, -0.2) is 8.42 Å². The van der Waals surface area contributed by atoms with Gasteiger partial charge in [0.1, 0.15) is 0 Å². The Morgan fingerprint density at radius 3 is 2.62 bits per heavy atom. The van der Waals surface area contributed by atoms with E-state index in [1.807, 2.05) is 37.3 Å². The topological polar surface area (TPSA) is 37.4 Å². The van der Waals surface area contributed by atoms with E-state index in [2.05, 4.69) is 0 Å². The van der Waals surface area contributed by atoms with Gasteiger partial charge < -0.3 is 0 Å². The van der Waals surface area contributed by atoms with Crippen LogP contribution >= 0.6 is 11.6 Å². The lowest BCUT2D eigenvalue weighted by atomic mass is 10.0. The van der Waals surface area contributed by atoms with Gasteiger partial charge in [-0.3, -0.25) is 0 Å². The maximum absolute atomic E-state index is 12.9. The molecule has 1 fully saturated rings. The van der Waals surface area contributed by atoms with E-state index in [1.165, 1.54) is 0 Å². The van der Waals surface area contributed by atoms with E-state index in [0.717, 1.165) is 10.8 Å². The van der Waals surface area contributed by atoms with Crippen LogP contribution in [0.5, 0.6) is 0 Å². The van der Waals surface area contributed by atoms with E-state index in [1.54, 1.807) is 16.4 Å². The molecule has 112 valence electrons. The minimum atomic E-state index is -3.47. The Morgan fingerprint density at radius 2 is 1.86 bits per heavy atom. The van der Waals surface area contributed by atoms with Crippen LogP contribution in [0, 0.1) is 5.92 Å². The summed E-state index contributed by atoms with van der Waals surface area (Å²) in [7, 11) is -3.47. The number of nitrogens with zero attached hydrogens (tertiary/aromatic N) is 1. The molecule has 1 aliphatic heterocycles. The van der Waals surface area contributed by atoms with E-state index in [9.17, 15) is 8.42 Å². The first-order valence-electron chi connectivity index (χ1n) is 7.12. The molecule has 2 aromatic carbocycles. The van der Waals surface area contributed by atoms with Crippen molar-refractivity contribution in [3.63, 3.8) is 0 Å². The molecule has 0 amide bonds. The molecule has 0 saturated carbocycles. The molecule has 0 bridgehead atoms. The van der Waals surface area contributed by atoms with Gasteiger partial charge in [-0.15, -0.1) is 11.6 Å². The van der Waals surface area contributed by atoms with E-state index in [0.29, 0.717) is 24.4 Å². The van der Waals surface area contributed by atoms with Gasteiger partial charge in [0, 0.05) is 23.9 Å². The maximum atomic E-state index is 12.9. The fourth-order valence-electron chi connectivity index (χ4n) is 2.86. The first kappa shape index (κ1) is 14.8. The summed E-state index contributed by atoms with van der Waals surface area (Å²) in [5, 5.41) is 1.78. The molecule has 2 atom stereocenters. The van der Waals surface area contributed by atoms with Crippen molar-refractivity contribution >= 4 is 32.4 Å². The van der Waals surface area contributed by atoms with E-state index < -0.39 is 10.0 Å². The molecule has 0 radical (unpaired) electrons. The third-order valence-corrected chi connectivity index (χ3v) is 6.70. The number of sulfonamides is 1. The Kier molecular flexibility index (Phi) is 3.95. The van der Waals surface area contributed by atoms with Crippen LogP contribution in [-0.2, 0) is 10.0 Å². The molecule has 0 N–H and O–H groups in total. The van der Waals surface area contributed by atoms with Crippen LogP contribution in [0.15, 0.2) is 47.4 Å². The van der Waals surface area contributed by atoms with E-state index in [4.69, 9.17) is 11.6 Å². The summed E-state index contributed by atoms with van der Waals surface area (Å²) < 4.78 is 27.4. The second-order valence-electron chi connectivity index (χ2n) is 5.62. The summed E-state index contributed by atoms with van der Waals surface area (Å²) >= 11 is 6.20. The number of rotatable bonds is 2. The smallest absolute Gasteiger partial charge is 0.207 e. The second kappa shape index (κ2) is 5.59. The fraction of sp³-hybridized carbons (Fsp3) is 0.375. The molecule has 0 spiro atoms. The molecule has 21 heavy (non-hydrogen) atoms. The summed E-state index contributed by atoms with van der Waals surface area (Å²) in [6.45, 7) is 2.98. The summed E-state index contributed by atoms with van der Waals surface area (Å²) in [4.78, 5) is 0.390. The third kappa shape index (κ3) is 2.68. The quantitative estimate of drug-likeness (QED) is 0.793. The van der Waals surface area contributed by atoms with Crippen molar-refractivity contribution in [2.24, 2.45) is 5.92 Å². The highest BCUT2D eigenvalue weighted by molar-refractivity contribution is 7.89. The Morgan fingerprint density at radius 1 is 1.14 bits per heavy atom. The normalized spacial score (nSPS) is 24.3. The van der Waals surface area contributed by atoms with Gasteiger partial charge in [-0.05, 0) is 23.8 Å². The molecule has 2 unspecified atom stereocenters. The minimum absolute atomic E-state index is 0.0592. The molecule has 3 nitrogen and oxygen atoms in total. The number of alkyl halides is 1. The van der Waals surface area contributed by atoms with Gasteiger partial charge >= 0.3 is 0 Å². The highest BCUT2D eigenvalue weighted by atomic mass is 35.5. The van der Waals surface area contributed by atoms with Crippen molar-refractivity contribution in [1.29, 1.82) is 0 Å². The Bertz CT molecular complexity index is 754. The average Bonchev–Trinajstić information content (AvgIpc) is 2.49. The zero-order chi connectivity index (χ0) is 15.0. The Labute approximate surface area is 130 Å². The van der Waals surface area contributed by atoms with Crippen LogP contribution in [0.4, 0.5) is 0 Å². The van der Waals surface area contributed by atoms with Crippen LogP contribution < -0.4 is 0 Å². The number of hydrogen-bond donors (Lipinski definition) is 0.